The number of thioether (sulfide) groups is 1. The van der Waals surface area contributed by atoms with E-state index in [1.165, 1.54) is 10.5 Å². The highest BCUT2D eigenvalue weighted by atomic mass is 32.2. The van der Waals surface area contributed by atoms with Crippen LogP contribution in [0.25, 0.3) is 0 Å². The van der Waals surface area contributed by atoms with E-state index in [-0.39, 0.29) is 6.61 Å². The topological polar surface area (TPSA) is 32.3 Å². The van der Waals surface area contributed by atoms with Crippen molar-refractivity contribution in [3.05, 3.63) is 29.8 Å². The minimum Gasteiger partial charge on any atom is -0.395 e. The maximum Gasteiger partial charge on any atom is 0.0555 e. The summed E-state index contributed by atoms with van der Waals surface area (Å²) in [5.74, 6) is 0. The average molecular weight is 211 g/mol. The number of aliphatic hydroxyl groups excluding tert-OH is 1. The van der Waals surface area contributed by atoms with Gasteiger partial charge in [0, 0.05) is 11.4 Å². The fraction of sp³-hybridized carbons (Fsp3) is 0.455. The van der Waals surface area contributed by atoms with E-state index in [1.807, 2.05) is 0 Å². The van der Waals surface area contributed by atoms with Crippen molar-refractivity contribution in [2.75, 3.05) is 26.0 Å². The molecule has 0 aliphatic heterocycles. The van der Waals surface area contributed by atoms with E-state index in [1.54, 1.807) is 11.8 Å². The van der Waals surface area contributed by atoms with Gasteiger partial charge in [0.1, 0.15) is 0 Å². The molecule has 0 unspecified atom stereocenters. The van der Waals surface area contributed by atoms with Crippen molar-refractivity contribution in [2.45, 2.75) is 11.3 Å². The summed E-state index contributed by atoms with van der Waals surface area (Å²) in [6.07, 6.45) is 3.10. The van der Waals surface area contributed by atoms with Crippen LogP contribution in [0.1, 0.15) is 5.56 Å². The van der Waals surface area contributed by atoms with Crippen LogP contribution in [0.5, 0.6) is 0 Å². The van der Waals surface area contributed by atoms with Gasteiger partial charge in [0.2, 0.25) is 0 Å². The lowest BCUT2D eigenvalue weighted by Crippen LogP contribution is -2.20. The van der Waals surface area contributed by atoms with Gasteiger partial charge in [-0.25, -0.2) is 0 Å². The molecule has 0 atom stereocenters. The maximum atomic E-state index is 8.57. The van der Waals surface area contributed by atoms with Crippen LogP contribution in [0.15, 0.2) is 29.2 Å². The predicted molar refractivity (Wildman–Crippen MR) is 61.9 cm³/mol. The molecule has 14 heavy (non-hydrogen) atoms. The summed E-state index contributed by atoms with van der Waals surface area (Å²) in [6, 6.07) is 8.61. The van der Waals surface area contributed by atoms with Gasteiger partial charge in [-0.1, -0.05) is 12.1 Å². The lowest BCUT2D eigenvalue weighted by Gasteiger charge is -2.03. The standard InChI is InChI=1S/C11H17NOS/c1-14-11-4-2-10(3-5-11)6-7-12-8-9-13/h2-5,12-13H,6-9H2,1H3. The molecule has 0 fully saturated rings. The summed E-state index contributed by atoms with van der Waals surface area (Å²) in [5.41, 5.74) is 1.34. The van der Waals surface area contributed by atoms with Gasteiger partial charge in [0.15, 0.2) is 0 Å². The molecule has 1 rings (SSSR count). The van der Waals surface area contributed by atoms with E-state index < -0.39 is 0 Å². The van der Waals surface area contributed by atoms with Crippen LogP contribution >= 0.6 is 11.8 Å². The quantitative estimate of drug-likeness (QED) is 0.553. The lowest BCUT2D eigenvalue weighted by molar-refractivity contribution is 0.293. The highest BCUT2D eigenvalue weighted by Gasteiger charge is 1.93. The number of benzene rings is 1. The zero-order valence-corrected chi connectivity index (χ0v) is 9.31. The average Bonchev–Trinajstić information content (AvgIpc) is 2.25. The molecule has 78 valence electrons. The molecule has 0 spiro atoms. The third kappa shape index (κ3) is 4.13. The van der Waals surface area contributed by atoms with Crippen LogP contribution in [0.4, 0.5) is 0 Å². The van der Waals surface area contributed by atoms with Gasteiger partial charge in [-0.15, -0.1) is 11.8 Å². The van der Waals surface area contributed by atoms with E-state index in [4.69, 9.17) is 5.11 Å². The Morgan fingerprint density at radius 3 is 2.50 bits per heavy atom. The number of hydrogen-bond acceptors (Lipinski definition) is 3. The molecule has 2 nitrogen and oxygen atoms in total. The zero-order valence-electron chi connectivity index (χ0n) is 8.49. The molecule has 0 aromatic heterocycles. The predicted octanol–water partition coefficient (Wildman–Crippen LogP) is 1.53. The number of hydrogen-bond donors (Lipinski definition) is 2. The van der Waals surface area contributed by atoms with Crippen molar-refractivity contribution in [2.24, 2.45) is 0 Å². The van der Waals surface area contributed by atoms with Gasteiger partial charge in [-0.3, -0.25) is 0 Å². The van der Waals surface area contributed by atoms with Crippen molar-refractivity contribution in [3.8, 4) is 0 Å². The molecule has 0 aliphatic carbocycles. The SMILES string of the molecule is CSc1ccc(CCNCCO)cc1. The fourth-order valence-corrected chi connectivity index (χ4v) is 1.64. The second-order valence-corrected chi connectivity index (χ2v) is 3.95. The molecule has 0 saturated carbocycles. The molecule has 1 aromatic rings. The number of rotatable bonds is 6. The molecule has 0 heterocycles. The first kappa shape index (κ1) is 11.6. The number of nitrogens with one attached hydrogen (secondary N) is 1. The van der Waals surface area contributed by atoms with E-state index in [2.05, 4.69) is 35.8 Å². The first-order valence-corrected chi connectivity index (χ1v) is 6.04. The third-order valence-corrected chi connectivity index (χ3v) is 2.78. The van der Waals surface area contributed by atoms with Gasteiger partial charge >= 0.3 is 0 Å². The molecule has 1 aromatic carbocycles. The summed E-state index contributed by atoms with van der Waals surface area (Å²) in [5, 5.41) is 11.7. The van der Waals surface area contributed by atoms with Crippen LogP contribution in [0.2, 0.25) is 0 Å². The Bertz CT molecular complexity index is 248. The second kappa shape index (κ2) is 6.87. The van der Waals surface area contributed by atoms with Gasteiger partial charge < -0.3 is 10.4 Å². The molecular formula is C11H17NOS. The Kier molecular flexibility index (Phi) is 5.68. The molecule has 0 aliphatic rings. The first-order valence-electron chi connectivity index (χ1n) is 4.81. The van der Waals surface area contributed by atoms with Crippen LogP contribution in [0.3, 0.4) is 0 Å². The second-order valence-electron chi connectivity index (χ2n) is 3.07. The molecular weight excluding hydrogens is 194 g/mol. The molecule has 0 radical (unpaired) electrons. The maximum absolute atomic E-state index is 8.57. The highest BCUT2D eigenvalue weighted by molar-refractivity contribution is 7.98. The molecule has 0 amide bonds. The Morgan fingerprint density at radius 1 is 1.21 bits per heavy atom. The smallest absolute Gasteiger partial charge is 0.0555 e. The van der Waals surface area contributed by atoms with E-state index in [0.29, 0.717) is 6.54 Å². The van der Waals surface area contributed by atoms with Crippen LogP contribution in [0, 0.1) is 0 Å². The summed E-state index contributed by atoms with van der Waals surface area (Å²) < 4.78 is 0. The van der Waals surface area contributed by atoms with Crippen LogP contribution < -0.4 is 5.32 Å². The Labute approximate surface area is 89.7 Å². The largest absolute Gasteiger partial charge is 0.395 e. The van der Waals surface area contributed by atoms with Gasteiger partial charge in [-0.05, 0) is 36.9 Å². The van der Waals surface area contributed by atoms with Gasteiger partial charge in [0.05, 0.1) is 6.61 Å². The minimum absolute atomic E-state index is 0.214. The third-order valence-electron chi connectivity index (χ3n) is 2.04. The summed E-state index contributed by atoms with van der Waals surface area (Å²) in [4.78, 5) is 1.30. The van der Waals surface area contributed by atoms with Crippen molar-refractivity contribution in [3.63, 3.8) is 0 Å². The molecule has 2 N–H and O–H groups in total. The highest BCUT2D eigenvalue weighted by Crippen LogP contribution is 2.14. The van der Waals surface area contributed by atoms with Crippen molar-refractivity contribution in [1.29, 1.82) is 0 Å². The van der Waals surface area contributed by atoms with Crippen molar-refractivity contribution in [1.82, 2.24) is 5.32 Å². The van der Waals surface area contributed by atoms with E-state index in [9.17, 15) is 0 Å². The van der Waals surface area contributed by atoms with E-state index in [0.717, 1.165) is 13.0 Å². The van der Waals surface area contributed by atoms with Gasteiger partial charge in [0.25, 0.3) is 0 Å². The minimum atomic E-state index is 0.214. The molecule has 0 saturated heterocycles. The zero-order chi connectivity index (χ0) is 10.2. The summed E-state index contributed by atoms with van der Waals surface area (Å²) >= 11 is 1.76. The van der Waals surface area contributed by atoms with E-state index >= 15 is 0 Å². The Balaban J connectivity index is 2.29. The van der Waals surface area contributed by atoms with Crippen molar-refractivity contribution < 1.29 is 5.11 Å². The Hall–Kier alpha value is -0.510. The lowest BCUT2D eigenvalue weighted by atomic mass is 10.1. The Morgan fingerprint density at radius 2 is 1.93 bits per heavy atom. The fourth-order valence-electron chi connectivity index (χ4n) is 1.23. The monoisotopic (exact) mass is 211 g/mol. The summed E-state index contributed by atoms with van der Waals surface area (Å²) in [6.45, 7) is 1.83. The number of aliphatic hydroxyl groups is 1. The van der Waals surface area contributed by atoms with Crippen LogP contribution in [-0.2, 0) is 6.42 Å². The van der Waals surface area contributed by atoms with Gasteiger partial charge in [-0.2, -0.15) is 0 Å². The normalized spacial score (nSPS) is 10.4. The van der Waals surface area contributed by atoms with Crippen LogP contribution in [-0.4, -0.2) is 31.1 Å². The molecule has 3 heteroatoms. The summed E-state index contributed by atoms with van der Waals surface area (Å²) in [7, 11) is 0. The first-order chi connectivity index (χ1) is 6.86. The van der Waals surface area contributed by atoms with Crippen molar-refractivity contribution >= 4 is 11.8 Å². The molecule has 0 bridgehead atoms.